The van der Waals surface area contributed by atoms with Crippen LogP contribution in [0, 0.1) is 6.92 Å². The smallest absolute Gasteiger partial charge is 0.125 e. The van der Waals surface area contributed by atoms with E-state index < -0.39 is 0 Å². The van der Waals surface area contributed by atoms with Gasteiger partial charge in [0, 0.05) is 17.3 Å². The molecule has 2 fully saturated rings. The summed E-state index contributed by atoms with van der Waals surface area (Å²) in [5.41, 5.74) is 8.26. The Morgan fingerprint density at radius 2 is 2.24 bits per heavy atom. The number of rotatable bonds is 4. The second-order valence-electron chi connectivity index (χ2n) is 6.37. The first kappa shape index (κ1) is 15.3. The molecule has 1 saturated heterocycles. The predicted molar refractivity (Wildman–Crippen MR) is 87.8 cm³/mol. The molecule has 2 N–H and O–H groups in total. The summed E-state index contributed by atoms with van der Waals surface area (Å²) in [4.78, 5) is 0. The van der Waals surface area contributed by atoms with Gasteiger partial charge in [-0.05, 0) is 62.4 Å². The Morgan fingerprint density at radius 3 is 2.90 bits per heavy atom. The van der Waals surface area contributed by atoms with Gasteiger partial charge >= 0.3 is 0 Å². The van der Waals surface area contributed by atoms with E-state index in [1.54, 1.807) is 0 Å². The second kappa shape index (κ2) is 6.27. The fourth-order valence-corrected chi connectivity index (χ4v) is 4.10. The quantitative estimate of drug-likeness (QED) is 0.896. The lowest BCUT2D eigenvalue weighted by atomic mass is 9.74. The molecule has 0 aromatic heterocycles. The fraction of sp³-hybridized carbons (Fsp3) is 0.647. The Bertz CT molecular complexity index is 514. The maximum absolute atomic E-state index is 6.40. The Kier molecular flexibility index (Phi) is 4.57. The molecule has 1 aromatic rings. The standard InChI is InChI=1S/C17H24BrNO2/c1-12-9-14(18)10-13(3-7-19)16(12)21-15-4-8-20-17(11-15)5-2-6-17/h9-10,15H,2-8,11,19H2,1H3. The van der Waals surface area contributed by atoms with E-state index in [9.17, 15) is 0 Å². The van der Waals surface area contributed by atoms with Gasteiger partial charge in [0.1, 0.15) is 11.9 Å². The number of nitrogens with two attached hydrogens (primary N) is 1. The molecule has 1 aromatic carbocycles. The van der Waals surface area contributed by atoms with Crippen LogP contribution in [0.2, 0.25) is 0 Å². The zero-order valence-corrected chi connectivity index (χ0v) is 14.2. The summed E-state index contributed by atoms with van der Waals surface area (Å²) in [6, 6.07) is 4.25. The first-order chi connectivity index (χ1) is 10.1. The van der Waals surface area contributed by atoms with E-state index >= 15 is 0 Å². The Balaban J connectivity index is 1.77. The highest BCUT2D eigenvalue weighted by molar-refractivity contribution is 9.10. The monoisotopic (exact) mass is 353 g/mol. The lowest BCUT2D eigenvalue weighted by Crippen LogP contribution is -2.48. The van der Waals surface area contributed by atoms with Crippen LogP contribution in [-0.4, -0.2) is 24.9 Å². The van der Waals surface area contributed by atoms with Crippen LogP contribution in [0.25, 0.3) is 0 Å². The molecule has 1 spiro atoms. The van der Waals surface area contributed by atoms with Crippen LogP contribution in [0.1, 0.15) is 43.2 Å². The van der Waals surface area contributed by atoms with Crippen molar-refractivity contribution in [3.8, 4) is 5.75 Å². The number of aryl methyl sites for hydroxylation is 1. The molecule has 0 bridgehead atoms. The minimum absolute atomic E-state index is 0.125. The normalized spacial score (nSPS) is 23.9. The van der Waals surface area contributed by atoms with E-state index in [0.717, 1.165) is 36.1 Å². The van der Waals surface area contributed by atoms with Crippen LogP contribution in [0.5, 0.6) is 5.75 Å². The third-order valence-corrected chi connectivity index (χ3v) is 5.18. The van der Waals surface area contributed by atoms with Gasteiger partial charge in [-0.15, -0.1) is 0 Å². The van der Waals surface area contributed by atoms with E-state index in [1.807, 2.05) is 0 Å². The average molecular weight is 354 g/mol. The topological polar surface area (TPSA) is 44.5 Å². The molecule has 3 rings (SSSR count). The van der Waals surface area contributed by atoms with Gasteiger partial charge in [-0.25, -0.2) is 0 Å². The third-order valence-electron chi connectivity index (χ3n) is 4.73. The molecule has 1 heterocycles. The van der Waals surface area contributed by atoms with Gasteiger partial charge in [0.2, 0.25) is 0 Å². The van der Waals surface area contributed by atoms with Gasteiger partial charge in [-0.2, -0.15) is 0 Å². The van der Waals surface area contributed by atoms with E-state index in [2.05, 4.69) is 35.0 Å². The highest BCUT2D eigenvalue weighted by Crippen LogP contribution is 2.43. The molecule has 1 saturated carbocycles. The lowest BCUT2D eigenvalue weighted by molar-refractivity contribution is -0.153. The summed E-state index contributed by atoms with van der Waals surface area (Å²) in [6.07, 6.45) is 6.83. The van der Waals surface area contributed by atoms with Gasteiger partial charge in [0.05, 0.1) is 12.2 Å². The van der Waals surface area contributed by atoms with Crippen molar-refractivity contribution in [1.29, 1.82) is 0 Å². The molecule has 0 radical (unpaired) electrons. The summed E-state index contributed by atoms with van der Waals surface area (Å²) in [6.45, 7) is 3.58. The van der Waals surface area contributed by atoms with Crippen LogP contribution in [0.15, 0.2) is 16.6 Å². The number of halogens is 1. The van der Waals surface area contributed by atoms with Crippen LogP contribution in [0.4, 0.5) is 0 Å². The average Bonchev–Trinajstić information content (AvgIpc) is 2.41. The van der Waals surface area contributed by atoms with Gasteiger partial charge in [0.15, 0.2) is 0 Å². The summed E-state index contributed by atoms with van der Waals surface area (Å²) in [5, 5.41) is 0. The number of benzene rings is 1. The van der Waals surface area contributed by atoms with Crippen molar-refractivity contribution in [3.05, 3.63) is 27.7 Å². The first-order valence-corrected chi connectivity index (χ1v) is 8.71. The van der Waals surface area contributed by atoms with Crippen LogP contribution < -0.4 is 10.5 Å². The highest BCUT2D eigenvalue weighted by Gasteiger charge is 2.43. The van der Waals surface area contributed by atoms with E-state index in [-0.39, 0.29) is 11.7 Å². The van der Waals surface area contributed by atoms with Crippen LogP contribution >= 0.6 is 15.9 Å². The van der Waals surface area contributed by atoms with Gasteiger partial charge < -0.3 is 15.2 Å². The van der Waals surface area contributed by atoms with E-state index in [1.165, 1.54) is 30.4 Å². The predicted octanol–water partition coefficient (Wildman–Crippen LogP) is 3.74. The second-order valence-corrected chi connectivity index (χ2v) is 7.28. The molecule has 1 aliphatic heterocycles. The minimum Gasteiger partial charge on any atom is -0.490 e. The molecule has 21 heavy (non-hydrogen) atoms. The molecule has 0 amide bonds. The van der Waals surface area contributed by atoms with E-state index in [0.29, 0.717) is 6.54 Å². The highest BCUT2D eigenvalue weighted by atomic mass is 79.9. The zero-order chi connectivity index (χ0) is 14.9. The maximum atomic E-state index is 6.40. The molecular formula is C17H24BrNO2. The fourth-order valence-electron chi connectivity index (χ4n) is 3.48. The maximum Gasteiger partial charge on any atom is 0.125 e. The van der Waals surface area contributed by atoms with Crippen molar-refractivity contribution in [1.82, 2.24) is 0 Å². The lowest BCUT2D eigenvalue weighted by Gasteiger charge is -2.47. The number of ether oxygens (including phenoxy) is 2. The molecule has 2 aliphatic rings. The molecule has 3 nitrogen and oxygen atoms in total. The molecular weight excluding hydrogens is 330 g/mol. The van der Waals surface area contributed by atoms with Crippen molar-refractivity contribution in [2.75, 3.05) is 13.2 Å². The molecule has 116 valence electrons. The van der Waals surface area contributed by atoms with Crippen LogP contribution in [0.3, 0.4) is 0 Å². The molecule has 4 heteroatoms. The molecule has 1 aliphatic carbocycles. The van der Waals surface area contributed by atoms with Crippen molar-refractivity contribution in [3.63, 3.8) is 0 Å². The molecule has 1 unspecified atom stereocenters. The summed E-state index contributed by atoms with van der Waals surface area (Å²) in [7, 11) is 0. The number of hydrogen-bond donors (Lipinski definition) is 1. The van der Waals surface area contributed by atoms with Crippen molar-refractivity contribution < 1.29 is 9.47 Å². The Morgan fingerprint density at radius 1 is 1.43 bits per heavy atom. The van der Waals surface area contributed by atoms with E-state index in [4.69, 9.17) is 15.2 Å². The third kappa shape index (κ3) is 3.27. The SMILES string of the molecule is Cc1cc(Br)cc(CCN)c1OC1CCOC2(CCC2)C1. The largest absolute Gasteiger partial charge is 0.490 e. The van der Waals surface area contributed by atoms with Gasteiger partial charge in [-0.1, -0.05) is 15.9 Å². The van der Waals surface area contributed by atoms with Crippen molar-refractivity contribution in [2.24, 2.45) is 5.73 Å². The van der Waals surface area contributed by atoms with Crippen molar-refractivity contribution in [2.45, 2.75) is 57.2 Å². The van der Waals surface area contributed by atoms with Crippen molar-refractivity contribution >= 4 is 15.9 Å². The summed E-state index contributed by atoms with van der Waals surface area (Å²) < 4.78 is 13.5. The molecule has 1 atom stereocenters. The summed E-state index contributed by atoms with van der Waals surface area (Å²) in [5.74, 6) is 1.03. The van der Waals surface area contributed by atoms with Gasteiger partial charge in [0.25, 0.3) is 0 Å². The minimum atomic E-state index is 0.125. The Hall–Kier alpha value is -0.580. The first-order valence-electron chi connectivity index (χ1n) is 7.92. The number of hydrogen-bond acceptors (Lipinski definition) is 3. The zero-order valence-electron chi connectivity index (χ0n) is 12.7. The van der Waals surface area contributed by atoms with Crippen LogP contribution in [-0.2, 0) is 11.2 Å². The van der Waals surface area contributed by atoms with Gasteiger partial charge in [-0.3, -0.25) is 0 Å². The Labute approximate surface area is 135 Å². The summed E-state index contributed by atoms with van der Waals surface area (Å²) >= 11 is 3.56.